The van der Waals surface area contributed by atoms with Gasteiger partial charge < -0.3 is 15.9 Å². The van der Waals surface area contributed by atoms with Crippen LogP contribution in [0.5, 0.6) is 5.75 Å². The Morgan fingerprint density at radius 1 is 1.17 bits per heavy atom. The smallest absolute Gasteiger partial charge is 0.339 e. The van der Waals surface area contributed by atoms with Crippen molar-refractivity contribution in [3.8, 4) is 5.75 Å². The summed E-state index contributed by atoms with van der Waals surface area (Å²) in [6.07, 6.45) is 0. The fraction of sp³-hybridized carbons (Fsp3) is 0.133. The van der Waals surface area contributed by atoms with E-state index in [0.717, 1.165) is 18.2 Å². The minimum absolute atomic E-state index is 0.0808. The first-order valence-corrected chi connectivity index (χ1v) is 6.52. The molecule has 2 aromatic rings. The molecule has 0 spiro atoms. The summed E-state index contributed by atoms with van der Waals surface area (Å²) in [6.45, 7) is 1.54. The van der Waals surface area contributed by atoms with Gasteiger partial charge in [-0.25, -0.2) is 13.6 Å². The Kier molecular flexibility index (Phi) is 4.65. The molecule has 0 bridgehead atoms. The summed E-state index contributed by atoms with van der Waals surface area (Å²) < 4.78 is 27.2. The molecule has 4 N–H and O–H groups in total. The average Bonchev–Trinajstić information content (AvgIpc) is 2.47. The zero-order chi connectivity index (χ0) is 17.1. The first-order chi connectivity index (χ1) is 10.8. The molecule has 0 aliphatic heterocycles. The maximum absolute atomic E-state index is 13.7. The Hall–Kier alpha value is -2.87. The first kappa shape index (κ1) is 16.5. The third-order valence-electron chi connectivity index (χ3n) is 3.04. The van der Waals surface area contributed by atoms with Gasteiger partial charge in [0.05, 0.1) is 5.69 Å². The van der Waals surface area contributed by atoms with Crippen LogP contribution in [0.25, 0.3) is 0 Å². The number of phenols is 1. The summed E-state index contributed by atoms with van der Waals surface area (Å²) in [5.74, 6) is -3.47. The molecule has 120 valence electrons. The maximum Gasteiger partial charge on any atom is 0.339 e. The number of carboxylic acid groups (broad SMARTS) is 1. The first-order valence-electron chi connectivity index (χ1n) is 6.52. The van der Waals surface area contributed by atoms with Crippen LogP contribution in [0.2, 0.25) is 0 Å². The van der Waals surface area contributed by atoms with Crippen molar-refractivity contribution in [3.63, 3.8) is 0 Å². The standard InChI is InChI=1S/C15H13F2N3O3/c1-7(18)9-5-13(12(17)6-11(9)16)20-19-8-2-3-14(21)10(4-8)15(22)23/h2-7,21H,18H2,1H3,(H,22,23)/b20-19-/t7-/m1/s1. The molecular weight excluding hydrogens is 308 g/mol. The highest BCUT2D eigenvalue weighted by molar-refractivity contribution is 5.91. The number of aromatic hydroxyl groups is 1. The molecule has 0 saturated carbocycles. The molecule has 0 aliphatic rings. The number of benzene rings is 2. The summed E-state index contributed by atoms with van der Waals surface area (Å²) in [5.41, 5.74) is 5.16. The summed E-state index contributed by atoms with van der Waals surface area (Å²) in [4.78, 5) is 10.9. The number of carboxylic acids is 1. The van der Waals surface area contributed by atoms with Crippen molar-refractivity contribution in [1.82, 2.24) is 0 Å². The van der Waals surface area contributed by atoms with Gasteiger partial charge in [-0.3, -0.25) is 0 Å². The lowest BCUT2D eigenvalue weighted by atomic mass is 10.1. The molecule has 1 atom stereocenters. The molecular formula is C15H13F2N3O3. The minimum Gasteiger partial charge on any atom is -0.507 e. The number of hydrogen-bond donors (Lipinski definition) is 3. The second kappa shape index (κ2) is 6.49. The van der Waals surface area contributed by atoms with Crippen LogP contribution in [-0.2, 0) is 0 Å². The molecule has 0 heterocycles. The van der Waals surface area contributed by atoms with Gasteiger partial charge in [-0.1, -0.05) is 0 Å². The van der Waals surface area contributed by atoms with Crippen molar-refractivity contribution in [2.75, 3.05) is 0 Å². The summed E-state index contributed by atoms with van der Waals surface area (Å²) in [7, 11) is 0. The Bertz CT molecular complexity index is 792. The normalized spacial score (nSPS) is 12.5. The van der Waals surface area contributed by atoms with Crippen molar-refractivity contribution < 1.29 is 23.8 Å². The van der Waals surface area contributed by atoms with Gasteiger partial charge in [0.1, 0.15) is 22.8 Å². The van der Waals surface area contributed by atoms with Gasteiger partial charge in [0.25, 0.3) is 0 Å². The lowest BCUT2D eigenvalue weighted by Gasteiger charge is -2.08. The van der Waals surface area contributed by atoms with E-state index in [4.69, 9.17) is 10.8 Å². The van der Waals surface area contributed by atoms with E-state index < -0.39 is 29.4 Å². The number of aromatic carboxylic acids is 1. The van der Waals surface area contributed by atoms with Crippen LogP contribution in [-0.4, -0.2) is 16.2 Å². The highest BCUT2D eigenvalue weighted by atomic mass is 19.1. The van der Waals surface area contributed by atoms with Gasteiger partial charge in [-0.15, -0.1) is 5.11 Å². The molecule has 0 saturated heterocycles. The maximum atomic E-state index is 13.7. The fourth-order valence-electron chi connectivity index (χ4n) is 1.85. The van der Waals surface area contributed by atoms with Crippen LogP contribution >= 0.6 is 0 Å². The highest BCUT2D eigenvalue weighted by Crippen LogP contribution is 2.28. The van der Waals surface area contributed by atoms with E-state index in [1.54, 1.807) is 0 Å². The van der Waals surface area contributed by atoms with Gasteiger partial charge in [-0.2, -0.15) is 5.11 Å². The van der Waals surface area contributed by atoms with Crippen LogP contribution in [0.1, 0.15) is 28.9 Å². The second-order valence-electron chi connectivity index (χ2n) is 4.82. The van der Waals surface area contributed by atoms with Crippen molar-refractivity contribution in [1.29, 1.82) is 0 Å². The number of nitrogens with two attached hydrogens (primary N) is 1. The van der Waals surface area contributed by atoms with E-state index in [1.807, 2.05) is 0 Å². The average molecular weight is 321 g/mol. The summed E-state index contributed by atoms with van der Waals surface area (Å²) >= 11 is 0. The molecule has 2 aromatic carbocycles. The van der Waals surface area contributed by atoms with Crippen molar-refractivity contribution >= 4 is 17.3 Å². The number of halogens is 2. The highest BCUT2D eigenvalue weighted by Gasteiger charge is 2.13. The molecule has 0 amide bonds. The van der Waals surface area contributed by atoms with E-state index in [0.29, 0.717) is 6.07 Å². The van der Waals surface area contributed by atoms with Gasteiger partial charge in [0, 0.05) is 17.7 Å². The Labute approximate surface area is 129 Å². The monoisotopic (exact) mass is 321 g/mol. The third kappa shape index (κ3) is 3.67. The zero-order valence-electron chi connectivity index (χ0n) is 12.0. The molecule has 0 radical (unpaired) electrons. The topological polar surface area (TPSA) is 108 Å². The lowest BCUT2D eigenvalue weighted by molar-refractivity contribution is 0.0693. The van der Waals surface area contributed by atoms with Crippen LogP contribution < -0.4 is 5.73 Å². The lowest BCUT2D eigenvalue weighted by Crippen LogP contribution is -2.07. The van der Waals surface area contributed by atoms with E-state index in [-0.39, 0.29) is 22.5 Å². The fourth-order valence-corrected chi connectivity index (χ4v) is 1.85. The number of azo groups is 1. The van der Waals surface area contributed by atoms with E-state index >= 15 is 0 Å². The molecule has 6 nitrogen and oxygen atoms in total. The second-order valence-corrected chi connectivity index (χ2v) is 4.82. The van der Waals surface area contributed by atoms with Gasteiger partial charge in [-0.05, 0) is 31.2 Å². The summed E-state index contributed by atoms with van der Waals surface area (Å²) in [5, 5.41) is 25.6. The quantitative estimate of drug-likeness (QED) is 0.744. The van der Waals surface area contributed by atoms with E-state index in [2.05, 4.69) is 10.2 Å². The van der Waals surface area contributed by atoms with Crippen LogP contribution in [0.15, 0.2) is 40.6 Å². The minimum atomic E-state index is -1.34. The Morgan fingerprint density at radius 3 is 2.48 bits per heavy atom. The van der Waals surface area contributed by atoms with Crippen LogP contribution in [0, 0.1) is 11.6 Å². The predicted octanol–water partition coefficient (Wildman–Crippen LogP) is 3.80. The Balaban J connectivity index is 2.39. The van der Waals surface area contributed by atoms with Crippen molar-refractivity contribution in [2.24, 2.45) is 16.0 Å². The van der Waals surface area contributed by atoms with E-state index in [1.165, 1.54) is 13.0 Å². The molecule has 23 heavy (non-hydrogen) atoms. The molecule has 8 heteroatoms. The molecule has 2 rings (SSSR count). The number of nitrogens with zero attached hydrogens (tertiary/aromatic N) is 2. The van der Waals surface area contributed by atoms with Crippen LogP contribution in [0.3, 0.4) is 0 Å². The zero-order valence-corrected chi connectivity index (χ0v) is 12.0. The third-order valence-corrected chi connectivity index (χ3v) is 3.04. The van der Waals surface area contributed by atoms with Gasteiger partial charge >= 0.3 is 5.97 Å². The number of hydrogen-bond acceptors (Lipinski definition) is 5. The van der Waals surface area contributed by atoms with Crippen LogP contribution in [0.4, 0.5) is 20.2 Å². The largest absolute Gasteiger partial charge is 0.507 e. The predicted molar refractivity (Wildman–Crippen MR) is 78.2 cm³/mol. The molecule has 0 fully saturated rings. The van der Waals surface area contributed by atoms with Crippen molar-refractivity contribution in [2.45, 2.75) is 13.0 Å². The van der Waals surface area contributed by atoms with Gasteiger partial charge in [0.15, 0.2) is 5.82 Å². The molecule has 0 unspecified atom stereocenters. The molecule has 0 aliphatic carbocycles. The molecule has 0 aromatic heterocycles. The number of carbonyl (C=O) groups is 1. The van der Waals surface area contributed by atoms with Gasteiger partial charge in [0.2, 0.25) is 0 Å². The van der Waals surface area contributed by atoms with Crippen molar-refractivity contribution in [3.05, 3.63) is 53.1 Å². The number of rotatable bonds is 4. The van der Waals surface area contributed by atoms with E-state index in [9.17, 15) is 18.7 Å². The Morgan fingerprint density at radius 2 is 1.87 bits per heavy atom. The SMILES string of the molecule is C[C@@H](N)c1cc(/N=N\c2ccc(O)c(C(=O)O)c2)c(F)cc1F. The summed E-state index contributed by atoms with van der Waals surface area (Å²) in [6, 6.07) is 4.65.